The Morgan fingerprint density at radius 1 is 1.03 bits per heavy atom. The lowest BCUT2D eigenvalue weighted by Gasteiger charge is -2.44. The van der Waals surface area contributed by atoms with Gasteiger partial charge < -0.3 is 30.5 Å². The van der Waals surface area contributed by atoms with Crippen LogP contribution in [0, 0.1) is 0 Å². The van der Waals surface area contributed by atoms with E-state index < -0.39 is 61.2 Å². The Hall–Kier alpha value is -2.65. The molecule has 0 aromatic carbocycles. The third-order valence-corrected chi connectivity index (χ3v) is 7.04. The second-order valence-electron chi connectivity index (χ2n) is 9.08. The van der Waals surface area contributed by atoms with Crippen molar-refractivity contribution in [1.82, 2.24) is 19.5 Å². The summed E-state index contributed by atoms with van der Waals surface area (Å²) < 4.78 is 23.0. The molecule has 0 radical (unpaired) electrons. The molecular formula is C22H32N5O10P. The van der Waals surface area contributed by atoms with E-state index in [9.17, 15) is 38.9 Å². The number of nitrogens with two attached hydrogens (primary N) is 1. The largest absolute Gasteiger partial charge is 0.469 e. The summed E-state index contributed by atoms with van der Waals surface area (Å²) in [5.41, 5.74) is -3.58. The zero-order valence-corrected chi connectivity index (χ0v) is 22.1. The second-order valence-corrected chi connectivity index (χ2v) is 10.3. The summed E-state index contributed by atoms with van der Waals surface area (Å²) in [5, 5.41) is 24.4. The summed E-state index contributed by atoms with van der Waals surface area (Å²) in [5.74, 6) is -3.23. The number of ketones is 3. The first-order valence-corrected chi connectivity index (χ1v) is 13.7. The van der Waals surface area contributed by atoms with Gasteiger partial charge in [0.05, 0.1) is 6.61 Å². The quantitative estimate of drug-likeness (QED) is 0.206. The predicted molar refractivity (Wildman–Crippen MR) is 130 cm³/mol. The number of nitrogen functional groups attached to an aromatic ring is 1. The van der Waals surface area contributed by atoms with Gasteiger partial charge in [-0.1, -0.05) is 20.8 Å². The van der Waals surface area contributed by atoms with Crippen molar-refractivity contribution >= 4 is 42.2 Å². The lowest BCUT2D eigenvalue weighted by Crippen LogP contribution is -2.73. The zero-order valence-electron chi connectivity index (χ0n) is 21.2. The van der Waals surface area contributed by atoms with Gasteiger partial charge in [-0.25, -0.2) is 19.5 Å². The molecule has 3 rings (SSSR count). The third kappa shape index (κ3) is 4.47. The van der Waals surface area contributed by atoms with Crippen LogP contribution >= 0.6 is 7.82 Å². The van der Waals surface area contributed by atoms with Crippen molar-refractivity contribution in [3.05, 3.63) is 12.7 Å². The van der Waals surface area contributed by atoms with Crippen LogP contribution in [0.4, 0.5) is 5.82 Å². The van der Waals surface area contributed by atoms with Crippen molar-refractivity contribution in [1.29, 1.82) is 0 Å². The first-order chi connectivity index (χ1) is 17.8. The number of fused-ring (bicyclic) bond motifs is 1. The highest BCUT2D eigenvalue weighted by atomic mass is 31.2. The Labute approximate surface area is 217 Å². The SMILES string of the molecule is CCCC(=O)[C@@]1(O)[C@@](O)(C(=O)CCC)[C@@H](COP(=O)(O)O)O[C@@]1(C(=O)CCC)n1cnc2c(N)ncnc21. The third-order valence-electron chi connectivity index (χ3n) is 6.55. The Bertz CT molecular complexity index is 1280. The van der Waals surface area contributed by atoms with Crippen LogP contribution in [0.25, 0.3) is 11.2 Å². The van der Waals surface area contributed by atoms with E-state index in [1.165, 1.54) is 0 Å². The number of Topliss-reactive ketones (excluding diaryl/α,β-unsaturated/α-hetero) is 3. The van der Waals surface area contributed by atoms with Crippen molar-refractivity contribution in [2.75, 3.05) is 12.3 Å². The van der Waals surface area contributed by atoms with Crippen molar-refractivity contribution in [2.24, 2.45) is 0 Å². The number of anilines is 1. The minimum Gasteiger partial charge on any atom is -0.382 e. The molecule has 1 saturated heterocycles. The smallest absolute Gasteiger partial charge is 0.382 e. The summed E-state index contributed by atoms with van der Waals surface area (Å²) in [6.07, 6.45) is -0.562. The standard InChI is InChI=1S/C22H32N5O10P/c1-4-7-13(28)20(31)16(10-36-38(33,34)35)37-22(15(30)9-6-3,21(20,32)14(29)8-5-2)27-12-26-17-18(23)24-11-25-19(17)27/h11-12,16,31-32H,4-10H2,1-3H3,(H2,23,24,25)(H2,33,34,35)/t16-,20-,21-,22-/m1/s1. The molecule has 210 valence electrons. The van der Waals surface area contributed by atoms with Crippen LogP contribution in [0.5, 0.6) is 0 Å². The highest BCUT2D eigenvalue weighted by molar-refractivity contribution is 7.46. The molecule has 0 amide bonds. The molecule has 0 aliphatic carbocycles. The first-order valence-electron chi connectivity index (χ1n) is 12.1. The molecule has 1 fully saturated rings. The van der Waals surface area contributed by atoms with Gasteiger partial charge in [0.2, 0.25) is 11.3 Å². The number of imidazole rings is 1. The molecule has 2 aromatic rings. The van der Waals surface area contributed by atoms with Crippen LogP contribution in [-0.2, 0) is 33.9 Å². The maximum atomic E-state index is 14.0. The van der Waals surface area contributed by atoms with E-state index in [1.54, 1.807) is 20.8 Å². The number of carbonyl (C=O) groups excluding carboxylic acids is 3. The summed E-state index contributed by atoms with van der Waals surface area (Å²) >= 11 is 0. The van der Waals surface area contributed by atoms with E-state index in [0.717, 1.165) is 17.2 Å². The average Bonchev–Trinajstić information content (AvgIpc) is 3.36. The molecule has 15 nitrogen and oxygen atoms in total. The van der Waals surface area contributed by atoms with Crippen molar-refractivity contribution in [3.63, 3.8) is 0 Å². The second kappa shape index (κ2) is 10.8. The molecule has 4 atom stereocenters. The van der Waals surface area contributed by atoms with Crippen molar-refractivity contribution < 1.29 is 48.2 Å². The van der Waals surface area contributed by atoms with E-state index in [4.69, 9.17) is 10.5 Å². The maximum absolute atomic E-state index is 14.0. The highest BCUT2D eigenvalue weighted by Gasteiger charge is 2.82. The zero-order chi connectivity index (χ0) is 28.5. The number of phosphoric acid groups is 1. The molecule has 2 aromatic heterocycles. The first kappa shape index (κ1) is 29.9. The molecule has 1 aliphatic heterocycles. The molecular weight excluding hydrogens is 525 g/mol. The Kier molecular flexibility index (Phi) is 8.53. The average molecular weight is 557 g/mol. The fraction of sp³-hybridized carbons (Fsp3) is 0.636. The van der Waals surface area contributed by atoms with E-state index >= 15 is 0 Å². The van der Waals surface area contributed by atoms with Gasteiger partial charge in [-0.05, 0) is 19.3 Å². The van der Waals surface area contributed by atoms with Crippen LogP contribution in [0.2, 0.25) is 0 Å². The number of ether oxygens (including phenoxy) is 1. The molecule has 38 heavy (non-hydrogen) atoms. The van der Waals surface area contributed by atoms with Crippen molar-refractivity contribution in [3.8, 4) is 0 Å². The summed E-state index contributed by atoms with van der Waals surface area (Å²) in [4.78, 5) is 71.9. The van der Waals surface area contributed by atoms with Crippen LogP contribution in [0.3, 0.4) is 0 Å². The molecule has 0 spiro atoms. The Morgan fingerprint density at radius 3 is 2.18 bits per heavy atom. The van der Waals surface area contributed by atoms with Gasteiger partial charge in [-0.2, -0.15) is 0 Å². The minimum absolute atomic E-state index is 0.0246. The van der Waals surface area contributed by atoms with E-state index in [-0.39, 0.29) is 49.1 Å². The van der Waals surface area contributed by atoms with Crippen LogP contribution < -0.4 is 5.73 Å². The molecule has 0 unspecified atom stereocenters. The fourth-order valence-electron chi connectivity index (χ4n) is 4.91. The topological polar surface area (TPSA) is 237 Å². The van der Waals surface area contributed by atoms with Gasteiger partial charge in [0.15, 0.2) is 34.4 Å². The monoisotopic (exact) mass is 557 g/mol. The number of carbonyl (C=O) groups is 3. The highest BCUT2D eigenvalue weighted by Crippen LogP contribution is 2.54. The fourth-order valence-corrected chi connectivity index (χ4v) is 5.24. The van der Waals surface area contributed by atoms with Gasteiger partial charge in [0.25, 0.3) is 0 Å². The number of aromatic nitrogens is 4. The predicted octanol–water partition coefficient (Wildman–Crippen LogP) is 0.139. The van der Waals surface area contributed by atoms with Gasteiger partial charge >= 0.3 is 7.82 Å². The molecule has 6 N–H and O–H groups in total. The number of rotatable bonds is 13. The van der Waals surface area contributed by atoms with Gasteiger partial charge in [0, 0.05) is 19.3 Å². The van der Waals surface area contributed by atoms with Crippen LogP contribution in [-0.4, -0.2) is 80.8 Å². The molecule has 0 bridgehead atoms. The number of nitrogens with zero attached hydrogens (tertiary/aromatic N) is 4. The molecule has 16 heteroatoms. The van der Waals surface area contributed by atoms with Crippen LogP contribution in [0.15, 0.2) is 12.7 Å². The summed E-state index contributed by atoms with van der Waals surface area (Å²) in [6, 6.07) is 0. The summed E-state index contributed by atoms with van der Waals surface area (Å²) in [6.45, 7) is 3.70. The molecule has 0 saturated carbocycles. The Balaban J connectivity index is 2.47. The van der Waals surface area contributed by atoms with E-state index in [2.05, 4.69) is 19.5 Å². The van der Waals surface area contributed by atoms with Gasteiger partial charge in [0.1, 0.15) is 24.3 Å². The van der Waals surface area contributed by atoms with Crippen molar-refractivity contribution in [2.45, 2.75) is 82.3 Å². The Morgan fingerprint density at radius 2 is 1.61 bits per heavy atom. The van der Waals surface area contributed by atoms with E-state index in [0.29, 0.717) is 0 Å². The number of hydrogen-bond donors (Lipinski definition) is 5. The maximum Gasteiger partial charge on any atom is 0.469 e. The lowest BCUT2D eigenvalue weighted by molar-refractivity contribution is -0.209. The number of hydrogen-bond acceptors (Lipinski definition) is 12. The number of aliphatic hydroxyl groups is 2. The lowest BCUT2D eigenvalue weighted by atomic mass is 9.67. The minimum atomic E-state index is -5.19. The van der Waals surface area contributed by atoms with Gasteiger partial charge in [-0.3, -0.25) is 23.5 Å². The summed E-state index contributed by atoms with van der Waals surface area (Å²) in [7, 11) is -5.19. The van der Waals surface area contributed by atoms with Crippen LogP contribution in [0.1, 0.15) is 59.3 Å². The van der Waals surface area contributed by atoms with Gasteiger partial charge in [-0.15, -0.1) is 0 Å². The van der Waals surface area contributed by atoms with E-state index in [1.807, 2.05) is 0 Å². The molecule has 1 aliphatic rings. The normalized spacial score (nSPS) is 27.6. The molecule has 3 heterocycles. The number of phosphoric ester groups is 1.